The maximum atomic E-state index is 13.4. The lowest BCUT2D eigenvalue weighted by molar-refractivity contribution is 0.158. The van der Waals surface area contributed by atoms with E-state index in [1.165, 1.54) is 6.07 Å². The third-order valence-electron chi connectivity index (χ3n) is 3.49. The van der Waals surface area contributed by atoms with Crippen LogP contribution in [0.4, 0.5) is 4.39 Å². The molecule has 0 radical (unpaired) electrons. The molecule has 0 saturated heterocycles. The van der Waals surface area contributed by atoms with E-state index in [1.807, 2.05) is 0 Å². The molecule has 88 valence electrons. The second-order valence-corrected chi connectivity index (χ2v) is 5.14. The zero-order valence-corrected chi connectivity index (χ0v) is 9.74. The Hall–Kier alpha value is -1.09. The van der Waals surface area contributed by atoms with E-state index in [9.17, 15) is 4.39 Å². The van der Waals surface area contributed by atoms with Crippen molar-refractivity contribution in [1.82, 2.24) is 0 Å². The number of rotatable bonds is 2. The molecule has 0 spiro atoms. The van der Waals surface area contributed by atoms with Crippen LogP contribution in [-0.2, 0) is 0 Å². The fraction of sp³-hybridized carbons (Fsp3) is 0.538. The molecule has 1 saturated carbocycles. The molecule has 1 aromatic carbocycles. The molecule has 0 aromatic heterocycles. The van der Waals surface area contributed by atoms with Crippen LogP contribution in [0.25, 0.3) is 0 Å². The summed E-state index contributed by atoms with van der Waals surface area (Å²) >= 11 is 0. The minimum absolute atomic E-state index is 0.0351. The molecule has 16 heavy (non-hydrogen) atoms. The predicted octanol–water partition coefficient (Wildman–Crippen LogP) is 2.72. The van der Waals surface area contributed by atoms with Gasteiger partial charge in [-0.15, -0.1) is 0 Å². The quantitative estimate of drug-likeness (QED) is 0.836. The molecule has 2 rings (SSSR count). The summed E-state index contributed by atoms with van der Waals surface area (Å²) in [4.78, 5) is 0. The van der Waals surface area contributed by atoms with Gasteiger partial charge in [-0.05, 0) is 30.4 Å². The van der Waals surface area contributed by atoms with Crippen LogP contribution in [0.1, 0.15) is 26.7 Å². The summed E-state index contributed by atoms with van der Waals surface area (Å²) in [5.41, 5.74) is 6.19. The Balaban J connectivity index is 2.10. The Morgan fingerprint density at radius 1 is 1.38 bits per heavy atom. The molecule has 0 aliphatic heterocycles. The first-order valence-corrected chi connectivity index (χ1v) is 5.67. The van der Waals surface area contributed by atoms with Crippen molar-refractivity contribution in [2.24, 2.45) is 11.1 Å². The zero-order chi connectivity index (χ0) is 11.8. The van der Waals surface area contributed by atoms with Gasteiger partial charge in [-0.25, -0.2) is 4.39 Å². The van der Waals surface area contributed by atoms with Gasteiger partial charge in [-0.3, -0.25) is 0 Å². The van der Waals surface area contributed by atoms with Crippen LogP contribution in [0.15, 0.2) is 24.3 Å². The standard InChI is InChI=1S/C13H18FNO/c1-13(2)8-7-11(12(13)15)16-10-6-4-3-5-9(10)14/h3-6,11-12H,7-8,15H2,1-2H3. The summed E-state index contributed by atoms with van der Waals surface area (Å²) < 4.78 is 19.1. The van der Waals surface area contributed by atoms with Crippen molar-refractivity contribution in [2.75, 3.05) is 0 Å². The Kier molecular flexibility index (Phi) is 2.89. The van der Waals surface area contributed by atoms with Crippen molar-refractivity contribution in [1.29, 1.82) is 0 Å². The maximum absolute atomic E-state index is 13.4. The Morgan fingerprint density at radius 2 is 2.06 bits per heavy atom. The second kappa shape index (κ2) is 4.06. The van der Waals surface area contributed by atoms with Gasteiger partial charge in [0.2, 0.25) is 0 Å². The molecule has 0 amide bonds. The number of benzene rings is 1. The van der Waals surface area contributed by atoms with Crippen LogP contribution in [0.2, 0.25) is 0 Å². The van der Waals surface area contributed by atoms with Crippen molar-refractivity contribution in [2.45, 2.75) is 38.8 Å². The van der Waals surface area contributed by atoms with Crippen molar-refractivity contribution in [3.63, 3.8) is 0 Å². The largest absolute Gasteiger partial charge is 0.486 e. The van der Waals surface area contributed by atoms with Crippen molar-refractivity contribution >= 4 is 0 Å². The third kappa shape index (κ3) is 2.05. The van der Waals surface area contributed by atoms with Gasteiger partial charge in [0.15, 0.2) is 11.6 Å². The number of hydrogen-bond acceptors (Lipinski definition) is 2. The highest BCUT2D eigenvalue weighted by Crippen LogP contribution is 2.38. The molecule has 1 aliphatic rings. The van der Waals surface area contributed by atoms with Crippen LogP contribution in [0, 0.1) is 11.2 Å². The molecule has 2 unspecified atom stereocenters. The molecule has 0 bridgehead atoms. The molecule has 1 aromatic rings. The van der Waals surface area contributed by atoms with Crippen molar-refractivity contribution in [3.05, 3.63) is 30.1 Å². The van der Waals surface area contributed by atoms with E-state index in [-0.39, 0.29) is 23.4 Å². The third-order valence-corrected chi connectivity index (χ3v) is 3.49. The topological polar surface area (TPSA) is 35.2 Å². The number of para-hydroxylation sites is 1. The summed E-state index contributed by atoms with van der Waals surface area (Å²) in [6.45, 7) is 4.25. The van der Waals surface area contributed by atoms with Crippen LogP contribution in [0.3, 0.4) is 0 Å². The van der Waals surface area contributed by atoms with Crippen molar-refractivity contribution < 1.29 is 9.13 Å². The molecular weight excluding hydrogens is 205 g/mol. The van der Waals surface area contributed by atoms with Crippen LogP contribution in [0.5, 0.6) is 5.75 Å². The highest BCUT2D eigenvalue weighted by molar-refractivity contribution is 5.24. The lowest BCUT2D eigenvalue weighted by Gasteiger charge is -2.27. The van der Waals surface area contributed by atoms with Gasteiger partial charge >= 0.3 is 0 Å². The van der Waals surface area contributed by atoms with Gasteiger partial charge in [-0.1, -0.05) is 26.0 Å². The minimum atomic E-state index is -0.320. The predicted molar refractivity (Wildman–Crippen MR) is 61.8 cm³/mol. The van der Waals surface area contributed by atoms with Gasteiger partial charge in [0.25, 0.3) is 0 Å². The fourth-order valence-corrected chi connectivity index (χ4v) is 2.20. The number of nitrogens with two attached hydrogens (primary N) is 1. The van der Waals surface area contributed by atoms with Gasteiger partial charge in [-0.2, -0.15) is 0 Å². The summed E-state index contributed by atoms with van der Waals surface area (Å²) in [6, 6.07) is 6.44. The first-order valence-electron chi connectivity index (χ1n) is 5.67. The fourth-order valence-electron chi connectivity index (χ4n) is 2.20. The molecule has 2 atom stereocenters. The van der Waals surface area contributed by atoms with Crippen LogP contribution < -0.4 is 10.5 Å². The molecule has 2 nitrogen and oxygen atoms in total. The summed E-state index contributed by atoms with van der Waals surface area (Å²) in [5.74, 6) is -0.0138. The molecule has 1 fully saturated rings. The summed E-state index contributed by atoms with van der Waals surface area (Å²) in [5, 5.41) is 0. The van der Waals surface area contributed by atoms with Crippen LogP contribution in [-0.4, -0.2) is 12.1 Å². The summed E-state index contributed by atoms with van der Waals surface area (Å²) in [6.07, 6.45) is 1.84. The van der Waals surface area contributed by atoms with Gasteiger partial charge in [0.05, 0.1) is 0 Å². The van der Waals surface area contributed by atoms with E-state index in [0.717, 1.165) is 12.8 Å². The molecule has 0 heterocycles. The highest BCUT2D eigenvalue weighted by Gasteiger charge is 2.41. The average Bonchev–Trinajstić information content (AvgIpc) is 2.49. The average molecular weight is 223 g/mol. The molecule has 1 aliphatic carbocycles. The second-order valence-electron chi connectivity index (χ2n) is 5.14. The van der Waals surface area contributed by atoms with Crippen LogP contribution >= 0.6 is 0 Å². The van der Waals surface area contributed by atoms with E-state index < -0.39 is 0 Å². The molecule has 2 N–H and O–H groups in total. The first-order chi connectivity index (χ1) is 7.50. The van der Waals surface area contributed by atoms with E-state index >= 15 is 0 Å². The SMILES string of the molecule is CC1(C)CCC(Oc2ccccc2F)C1N. The number of halogens is 1. The Morgan fingerprint density at radius 3 is 2.62 bits per heavy atom. The van der Waals surface area contributed by atoms with E-state index in [1.54, 1.807) is 18.2 Å². The Bertz CT molecular complexity index is 378. The number of hydrogen-bond donors (Lipinski definition) is 1. The minimum Gasteiger partial charge on any atom is -0.486 e. The highest BCUT2D eigenvalue weighted by atomic mass is 19.1. The lowest BCUT2D eigenvalue weighted by Crippen LogP contribution is -2.42. The van der Waals surface area contributed by atoms with Crippen molar-refractivity contribution in [3.8, 4) is 5.75 Å². The van der Waals surface area contributed by atoms with Gasteiger partial charge < -0.3 is 10.5 Å². The van der Waals surface area contributed by atoms with Gasteiger partial charge in [0, 0.05) is 6.04 Å². The smallest absolute Gasteiger partial charge is 0.165 e. The van der Waals surface area contributed by atoms with E-state index in [0.29, 0.717) is 5.75 Å². The molecular formula is C13H18FNO. The Labute approximate surface area is 95.6 Å². The number of ether oxygens (including phenoxy) is 1. The van der Waals surface area contributed by atoms with E-state index in [2.05, 4.69) is 13.8 Å². The first kappa shape index (κ1) is 11.4. The molecule has 3 heteroatoms. The van der Waals surface area contributed by atoms with Gasteiger partial charge in [0.1, 0.15) is 6.10 Å². The summed E-state index contributed by atoms with van der Waals surface area (Å²) in [7, 11) is 0. The lowest BCUT2D eigenvalue weighted by atomic mass is 9.88. The maximum Gasteiger partial charge on any atom is 0.165 e. The van der Waals surface area contributed by atoms with E-state index in [4.69, 9.17) is 10.5 Å². The monoisotopic (exact) mass is 223 g/mol. The normalized spacial score (nSPS) is 28.0. The zero-order valence-electron chi connectivity index (χ0n) is 9.74.